The lowest BCUT2D eigenvalue weighted by atomic mass is 9.72. The molecule has 0 amide bonds. The van der Waals surface area contributed by atoms with Gasteiger partial charge in [-0.1, -0.05) is 0 Å². The Balaban J connectivity index is 1.27. The van der Waals surface area contributed by atoms with Crippen LogP contribution in [0.4, 0.5) is 0 Å². The Morgan fingerprint density at radius 2 is 1.21 bits per heavy atom. The number of aliphatic hydroxyl groups is 13. The Hall–Kier alpha value is -0.800. The molecular weight excluding hydrogens is 716 g/mol. The number of hydrogen-bond donors (Lipinski definition) is 13. The highest BCUT2D eigenvalue weighted by Gasteiger charge is 2.55. The third kappa shape index (κ3) is 8.72. The summed E-state index contributed by atoms with van der Waals surface area (Å²) in [5.74, 6) is -0.900. The van der Waals surface area contributed by atoms with Crippen LogP contribution in [0.5, 0.6) is 0 Å². The molecule has 9 unspecified atom stereocenters. The third-order valence-corrected chi connectivity index (χ3v) is 11.8. The minimum Gasteiger partial charge on any atom is -0.394 e. The van der Waals surface area contributed by atoms with E-state index in [9.17, 15) is 66.4 Å². The molecule has 20 nitrogen and oxygen atoms in total. The van der Waals surface area contributed by atoms with Gasteiger partial charge in [0, 0.05) is 5.92 Å². The standard InChI is InChI=1S/C33H56O20/c1-10-21(39)24(42)27(45)31(48-10)47-9-20-23(41)26(44)30(53-32-28(46)25(43)22(40)19(8-34)51-32)33(52-20)50-18-7-13-15(37)5-12(35)6-17(13)49-29(18)11-2-3-14(36)16(38)4-11/h10-46H,2-9H2,1H3/t10-,11?,12?,13?,14?,15?,16?,17?,18?,19+,20+,21-,22+,23+,24+,25-,26-,27+,28+,29?,30+,31+,32-,33+/m0/s1. The maximum Gasteiger partial charge on any atom is 0.187 e. The van der Waals surface area contributed by atoms with Crippen molar-refractivity contribution in [3.63, 3.8) is 0 Å². The van der Waals surface area contributed by atoms with Gasteiger partial charge in [0.05, 0.1) is 62.0 Å². The summed E-state index contributed by atoms with van der Waals surface area (Å²) in [6, 6.07) is 0. The van der Waals surface area contributed by atoms with Crippen molar-refractivity contribution in [1.82, 2.24) is 0 Å². The molecule has 0 radical (unpaired) electrons. The molecule has 4 saturated heterocycles. The van der Waals surface area contributed by atoms with Crippen molar-refractivity contribution in [2.75, 3.05) is 13.2 Å². The van der Waals surface area contributed by atoms with Crippen molar-refractivity contribution in [3.8, 4) is 0 Å². The second-order valence-corrected chi connectivity index (χ2v) is 15.5. The van der Waals surface area contributed by atoms with Gasteiger partial charge in [-0.05, 0) is 51.4 Å². The van der Waals surface area contributed by atoms with Gasteiger partial charge in [-0.3, -0.25) is 0 Å². The number of fused-ring (bicyclic) bond motifs is 1. The van der Waals surface area contributed by atoms with Crippen LogP contribution in [0.1, 0.15) is 45.4 Å². The average molecular weight is 773 g/mol. The predicted molar refractivity (Wildman–Crippen MR) is 170 cm³/mol. The van der Waals surface area contributed by atoms with Gasteiger partial charge >= 0.3 is 0 Å². The summed E-state index contributed by atoms with van der Waals surface area (Å²) < 4.78 is 41.7. The van der Waals surface area contributed by atoms with Crippen LogP contribution in [0.3, 0.4) is 0 Å². The molecule has 308 valence electrons. The summed E-state index contributed by atoms with van der Waals surface area (Å²) >= 11 is 0. The van der Waals surface area contributed by atoms with Crippen LogP contribution in [0.2, 0.25) is 0 Å². The maximum absolute atomic E-state index is 11.5. The third-order valence-electron chi connectivity index (χ3n) is 11.8. The summed E-state index contributed by atoms with van der Waals surface area (Å²) in [5, 5.41) is 137. The molecule has 13 N–H and O–H groups in total. The summed E-state index contributed by atoms with van der Waals surface area (Å²) in [6.45, 7) is 0.0964. The van der Waals surface area contributed by atoms with Crippen LogP contribution >= 0.6 is 0 Å². The zero-order valence-electron chi connectivity index (χ0n) is 29.2. The van der Waals surface area contributed by atoms with Gasteiger partial charge in [-0.25, -0.2) is 0 Å². The lowest BCUT2D eigenvalue weighted by Crippen LogP contribution is -2.66. The highest BCUT2D eigenvalue weighted by atomic mass is 16.8. The fourth-order valence-corrected chi connectivity index (χ4v) is 8.55. The molecule has 4 aliphatic heterocycles. The lowest BCUT2D eigenvalue weighted by Gasteiger charge is -2.52. The minimum atomic E-state index is -1.90. The molecule has 2 aliphatic carbocycles. The van der Waals surface area contributed by atoms with Gasteiger partial charge in [0.2, 0.25) is 0 Å². The maximum atomic E-state index is 11.5. The molecule has 2 saturated carbocycles. The first kappa shape index (κ1) is 41.8. The summed E-state index contributed by atoms with van der Waals surface area (Å²) in [4.78, 5) is 0. The lowest BCUT2D eigenvalue weighted by molar-refractivity contribution is -0.383. The first-order valence-electron chi connectivity index (χ1n) is 18.4. The van der Waals surface area contributed by atoms with Crippen molar-refractivity contribution in [1.29, 1.82) is 0 Å². The van der Waals surface area contributed by atoms with E-state index >= 15 is 0 Å². The van der Waals surface area contributed by atoms with Crippen LogP contribution in [0.25, 0.3) is 0 Å². The van der Waals surface area contributed by atoms with E-state index in [0.29, 0.717) is 6.42 Å². The number of hydrogen-bond acceptors (Lipinski definition) is 20. The Labute approximate surface area is 305 Å². The van der Waals surface area contributed by atoms with E-state index in [0.717, 1.165) is 0 Å². The molecule has 53 heavy (non-hydrogen) atoms. The number of ether oxygens (including phenoxy) is 7. The van der Waals surface area contributed by atoms with Crippen LogP contribution in [-0.4, -0.2) is 214 Å². The van der Waals surface area contributed by atoms with Crippen LogP contribution in [0, 0.1) is 11.8 Å². The van der Waals surface area contributed by atoms with Gasteiger partial charge < -0.3 is 99.5 Å². The number of rotatable bonds is 9. The van der Waals surface area contributed by atoms with Gasteiger partial charge in [0.25, 0.3) is 0 Å². The van der Waals surface area contributed by atoms with E-state index in [1.165, 1.54) is 6.92 Å². The first-order chi connectivity index (χ1) is 25.1. The van der Waals surface area contributed by atoms with E-state index < -0.39 is 154 Å². The topological polar surface area (TPSA) is 328 Å². The summed E-state index contributed by atoms with van der Waals surface area (Å²) in [5.41, 5.74) is 0. The van der Waals surface area contributed by atoms with E-state index in [1.807, 2.05) is 0 Å². The molecule has 6 fully saturated rings. The molecule has 4 heterocycles. The monoisotopic (exact) mass is 772 g/mol. The fourth-order valence-electron chi connectivity index (χ4n) is 8.55. The second-order valence-electron chi connectivity index (χ2n) is 15.5. The highest BCUT2D eigenvalue weighted by molar-refractivity contribution is 5.00. The van der Waals surface area contributed by atoms with E-state index in [1.54, 1.807) is 0 Å². The molecule has 6 rings (SSSR count). The van der Waals surface area contributed by atoms with Crippen molar-refractivity contribution in [2.24, 2.45) is 11.8 Å². The SMILES string of the molecule is C[C@@H]1O[C@@H](OC[C@H]2O[C@@H](OC3CC4C(O)CC(O)CC4OC3C3CCC(O)C(O)C3)[C@H](O[C@@H]3O[C@H](CO)[C@@H](O)[C@H](O)[C@H]3O)[C@@H](O)[C@@H]2O)[C@H](O)[C@H](O)[C@H]1O. The van der Waals surface area contributed by atoms with Crippen LogP contribution < -0.4 is 0 Å². The minimum absolute atomic E-state index is 0.0861. The predicted octanol–water partition coefficient (Wildman–Crippen LogP) is -6.34. The zero-order chi connectivity index (χ0) is 38.5. The van der Waals surface area contributed by atoms with Crippen LogP contribution in [-0.2, 0) is 33.2 Å². The van der Waals surface area contributed by atoms with E-state index in [4.69, 9.17) is 33.2 Å². The Bertz CT molecular complexity index is 1170. The normalized spacial score (nSPS) is 55.4. The smallest absolute Gasteiger partial charge is 0.187 e. The van der Waals surface area contributed by atoms with Crippen molar-refractivity contribution >= 4 is 0 Å². The first-order valence-corrected chi connectivity index (χ1v) is 18.4. The quantitative estimate of drug-likeness (QED) is 0.104. The summed E-state index contributed by atoms with van der Waals surface area (Å²) in [6.07, 6.45) is -29.2. The Morgan fingerprint density at radius 1 is 0.547 bits per heavy atom. The van der Waals surface area contributed by atoms with Gasteiger partial charge in [0.15, 0.2) is 18.9 Å². The average Bonchev–Trinajstić information content (AvgIpc) is 3.12. The number of aliphatic hydroxyl groups excluding tert-OH is 13. The molecule has 0 aromatic rings. The molecular formula is C33H56O20. The summed E-state index contributed by atoms with van der Waals surface area (Å²) in [7, 11) is 0. The Morgan fingerprint density at radius 3 is 1.91 bits per heavy atom. The molecule has 6 aliphatic rings. The second kappa shape index (κ2) is 17.4. The van der Waals surface area contributed by atoms with Crippen LogP contribution in [0.15, 0.2) is 0 Å². The molecule has 0 bridgehead atoms. The Kier molecular flexibility index (Phi) is 13.7. The zero-order valence-corrected chi connectivity index (χ0v) is 29.2. The van der Waals surface area contributed by atoms with Crippen molar-refractivity contribution < 1.29 is 99.5 Å². The van der Waals surface area contributed by atoms with E-state index in [-0.39, 0.29) is 38.0 Å². The molecule has 20 heteroatoms. The highest BCUT2D eigenvalue weighted by Crippen LogP contribution is 2.44. The molecule has 0 spiro atoms. The van der Waals surface area contributed by atoms with Gasteiger partial charge in [-0.2, -0.15) is 0 Å². The van der Waals surface area contributed by atoms with E-state index in [2.05, 4.69) is 0 Å². The largest absolute Gasteiger partial charge is 0.394 e. The fraction of sp³-hybridized carbons (Fsp3) is 1.00. The van der Waals surface area contributed by atoms with Gasteiger partial charge in [0.1, 0.15) is 67.1 Å². The van der Waals surface area contributed by atoms with Gasteiger partial charge in [-0.15, -0.1) is 0 Å². The molecule has 0 aromatic heterocycles. The van der Waals surface area contributed by atoms with Crippen molar-refractivity contribution in [2.45, 2.75) is 180 Å². The molecule has 24 atom stereocenters. The molecule has 0 aromatic carbocycles. The van der Waals surface area contributed by atoms with Crippen molar-refractivity contribution in [3.05, 3.63) is 0 Å².